The van der Waals surface area contributed by atoms with E-state index < -0.39 is 0 Å². The van der Waals surface area contributed by atoms with Crippen molar-refractivity contribution in [3.63, 3.8) is 0 Å². The average Bonchev–Trinajstić information content (AvgIpc) is 2.48. The van der Waals surface area contributed by atoms with Gasteiger partial charge in [-0.25, -0.2) is 9.97 Å². The van der Waals surface area contributed by atoms with Crippen LogP contribution >= 0.6 is 11.6 Å². The van der Waals surface area contributed by atoms with Crippen molar-refractivity contribution >= 4 is 22.4 Å². The maximum absolute atomic E-state index is 6.05. The third-order valence-corrected chi connectivity index (χ3v) is 3.00. The smallest absolute Gasteiger partial charge is 0.242 e. The maximum Gasteiger partial charge on any atom is 0.242 e. The zero-order chi connectivity index (χ0) is 13.2. The summed E-state index contributed by atoms with van der Waals surface area (Å²) in [5, 5.41) is 10.1. The molecule has 0 aliphatic carbocycles. The first-order valence-electron chi connectivity index (χ1n) is 5.57. The Hall–Kier alpha value is -2.27. The molecule has 0 fully saturated rings. The van der Waals surface area contributed by atoms with Gasteiger partial charge in [-0.15, -0.1) is 10.2 Å². The standard InChI is InChI=1S/C13H9ClN4O/c1-19-13-11(15-6-7-16-13)10-8-4-2-3-5-9(8)12(14)18-17-10/h2-7H,1H3. The summed E-state index contributed by atoms with van der Waals surface area (Å²) in [6, 6.07) is 7.61. The lowest BCUT2D eigenvalue weighted by atomic mass is 10.1. The minimum absolute atomic E-state index is 0.363. The molecule has 19 heavy (non-hydrogen) atoms. The molecule has 5 nitrogen and oxygen atoms in total. The quantitative estimate of drug-likeness (QED) is 0.718. The Morgan fingerprint density at radius 2 is 1.68 bits per heavy atom. The number of nitrogens with zero attached hydrogens (tertiary/aromatic N) is 4. The van der Waals surface area contributed by atoms with Crippen LogP contribution in [0.2, 0.25) is 5.15 Å². The molecule has 0 atom stereocenters. The first kappa shape index (κ1) is 11.8. The van der Waals surface area contributed by atoms with Crippen LogP contribution < -0.4 is 4.74 Å². The van der Waals surface area contributed by atoms with E-state index in [1.807, 2.05) is 24.3 Å². The molecule has 1 aromatic carbocycles. The molecule has 0 radical (unpaired) electrons. The van der Waals surface area contributed by atoms with Gasteiger partial charge in [-0.1, -0.05) is 35.9 Å². The number of rotatable bonds is 2. The normalized spacial score (nSPS) is 10.6. The van der Waals surface area contributed by atoms with E-state index in [1.54, 1.807) is 19.5 Å². The van der Waals surface area contributed by atoms with Gasteiger partial charge in [0.2, 0.25) is 5.88 Å². The zero-order valence-corrected chi connectivity index (χ0v) is 10.8. The molecule has 2 aromatic heterocycles. The fourth-order valence-electron chi connectivity index (χ4n) is 1.88. The van der Waals surface area contributed by atoms with Gasteiger partial charge in [0.1, 0.15) is 5.69 Å². The van der Waals surface area contributed by atoms with Crippen LogP contribution in [0.1, 0.15) is 0 Å². The fourth-order valence-corrected chi connectivity index (χ4v) is 2.09. The van der Waals surface area contributed by atoms with Crippen LogP contribution in [0, 0.1) is 0 Å². The zero-order valence-electron chi connectivity index (χ0n) is 10.0. The molecular weight excluding hydrogens is 264 g/mol. The van der Waals surface area contributed by atoms with E-state index in [4.69, 9.17) is 16.3 Å². The number of halogens is 1. The minimum Gasteiger partial charge on any atom is -0.479 e. The molecule has 94 valence electrons. The fraction of sp³-hybridized carbons (Fsp3) is 0.0769. The van der Waals surface area contributed by atoms with Crippen molar-refractivity contribution in [2.75, 3.05) is 7.11 Å². The summed E-state index contributed by atoms with van der Waals surface area (Å²) in [4.78, 5) is 8.38. The van der Waals surface area contributed by atoms with Gasteiger partial charge in [-0.05, 0) is 0 Å². The van der Waals surface area contributed by atoms with Crippen molar-refractivity contribution in [1.82, 2.24) is 20.2 Å². The van der Waals surface area contributed by atoms with Gasteiger partial charge in [0.05, 0.1) is 7.11 Å². The molecule has 0 N–H and O–H groups in total. The summed E-state index contributed by atoms with van der Waals surface area (Å²) in [7, 11) is 1.54. The number of hydrogen-bond donors (Lipinski definition) is 0. The Balaban J connectivity index is 2.34. The highest BCUT2D eigenvalue weighted by atomic mass is 35.5. The van der Waals surface area contributed by atoms with E-state index in [-0.39, 0.29) is 0 Å². The maximum atomic E-state index is 6.05. The second kappa shape index (κ2) is 4.78. The summed E-state index contributed by atoms with van der Waals surface area (Å²) >= 11 is 6.05. The van der Waals surface area contributed by atoms with Gasteiger partial charge in [0.15, 0.2) is 10.8 Å². The van der Waals surface area contributed by atoms with Gasteiger partial charge < -0.3 is 4.74 Å². The minimum atomic E-state index is 0.363. The number of aromatic nitrogens is 4. The summed E-state index contributed by atoms with van der Waals surface area (Å²) < 4.78 is 5.20. The van der Waals surface area contributed by atoms with Crippen LogP contribution in [0.3, 0.4) is 0 Å². The first-order chi connectivity index (χ1) is 9.31. The van der Waals surface area contributed by atoms with Crippen LogP contribution in [-0.2, 0) is 0 Å². The lowest BCUT2D eigenvalue weighted by molar-refractivity contribution is 0.397. The molecule has 6 heteroatoms. The van der Waals surface area contributed by atoms with E-state index in [1.165, 1.54) is 0 Å². The molecule has 3 rings (SSSR count). The molecule has 0 saturated heterocycles. The molecule has 3 aromatic rings. The lowest BCUT2D eigenvalue weighted by Gasteiger charge is -2.07. The molecule has 0 bridgehead atoms. The monoisotopic (exact) mass is 272 g/mol. The molecule has 0 saturated carbocycles. The lowest BCUT2D eigenvalue weighted by Crippen LogP contribution is -1.98. The number of fused-ring (bicyclic) bond motifs is 1. The summed E-state index contributed by atoms with van der Waals surface area (Å²) in [6.45, 7) is 0. The molecule has 0 spiro atoms. The summed E-state index contributed by atoms with van der Waals surface area (Å²) in [5.41, 5.74) is 1.15. The average molecular weight is 273 g/mol. The van der Waals surface area contributed by atoms with E-state index in [2.05, 4.69) is 20.2 Å². The molecule has 0 unspecified atom stereocenters. The van der Waals surface area contributed by atoms with Crippen LogP contribution in [0.5, 0.6) is 5.88 Å². The highest BCUT2D eigenvalue weighted by Crippen LogP contribution is 2.31. The number of methoxy groups -OCH3 is 1. The van der Waals surface area contributed by atoms with Crippen LogP contribution in [0.25, 0.3) is 22.2 Å². The Morgan fingerprint density at radius 1 is 0.947 bits per heavy atom. The van der Waals surface area contributed by atoms with Crippen molar-refractivity contribution in [3.05, 3.63) is 41.8 Å². The highest BCUT2D eigenvalue weighted by Gasteiger charge is 2.15. The van der Waals surface area contributed by atoms with E-state index in [0.717, 1.165) is 10.8 Å². The van der Waals surface area contributed by atoms with Gasteiger partial charge in [0.25, 0.3) is 0 Å². The van der Waals surface area contributed by atoms with E-state index >= 15 is 0 Å². The molecule has 2 heterocycles. The van der Waals surface area contributed by atoms with Gasteiger partial charge in [-0.3, -0.25) is 0 Å². The Labute approximate surface area is 114 Å². The van der Waals surface area contributed by atoms with Gasteiger partial charge in [0, 0.05) is 23.2 Å². The van der Waals surface area contributed by atoms with Crippen LogP contribution in [0.15, 0.2) is 36.7 Å². The van der Waals surface area contributed by atoms with Crippen molar-refractivity contribution in [1.29, 1.82) is 0 Å². The first-order valence-corrected chi connectivity index (χ1v) is 5.95. The number of hydrogen-bond acceptors (Lipinski definition) is 5. The van der Waals surface area contributed by atoms with Gasteiger partial charge >= 0.3 is 0 Å². The third kappa shape index (κ3) is 1.98. The summed E-state index contributed by atoms with van der Waals surface area (Å²) in [5.74, 6) is 0.407. The molecule has 0 aliphatic rings. The molecule has 0 amide bonds. The van der Waals surface area contributed by atoms with E-state index in [9.17, 15) is 0 Å². The number of ether oxygens (including phenoxy) is 1. The van der Waals surface area contributed by atoms with Crippen molar-refractivity contribution in [3.8, 4) is 17.3 Å². The second-order valence-corrected chi connectivity index (χ2v) is 4.16. The van der Waals surface area contributed by atoms with Crippen molar-refractivity contribution in [2.24, 2.45) is 0 Å². The van der Waals surface area contributed by atoms with Crippen molar-refractivity contribution < 1.29 is 4.74 Å². The van der Waals surface area contributed by atoms with Crippen LogP contribution in [0.4, 0.5) is 0 Å². The molecule has 0 aliphatic heterocycles. The Morgan fingerprint density at radius 3 is 2.47 bits per heavy atom. The SMILES string of the molecule is COc1nccnc1-c1nnc(Cl)c2ccccc12. The Bertz CT molecular complexity index is 748. The Kier molecular flexibility index (Phi) is 2.97. The molecular formula is C13H9ClN4O. The van der Waals surface area contributed by atoms with Crippen molar-refractivity contribution in [2.45, 2.75) is 0 Å². The predicted molar refractivity (Wildman–Crippen MR) is 72.1 cm³/mol. The van der Waals surface area contributed by atoms with E-state index in [0.29, 0.717) is 22.4 Å². The van der Waals surface area contributed by atoms with Crippen LogP contribution in [-0.4, -0.2) is 27.3 Å². The summed E-state index contributed by atoms with van der Waals surface area (Å²) in [6.07, 6.45) is 3.15. The third-order valence-electron chi connectivity index (χ3n) is 2.72. The largest absolute Gasteiger partial charge is 0.479 e. The highest BCUT2D eigenvalue weighted by molar-refractivity contribution is 6.34. The topological polar surface area (TPSA) is 60.8 Å². The second-order valence-electron chi connectivity index (χ2n) is 3.80. The predicted octanol–water partition coefficient (Wildman–Crippen LogP) is 2.75. The van der Waals surface area contributed by atoms with Gasteiger partial charge in [-0.2, -0.15) is 0 Å². The number of benzene rings is 1.